The number of benzene rings is 1. The van der Waals surface area contributed by atoms with E-state index in [4.69, 9.17) is 0 Å². The average Bonchev–Trinajstić information content (AvgIpc) is 2.95. The van der Waals surface area contributed by atoms with Crippen molar-refractivity contribution in [3.63, 3.8) is 0 Å². The van der Waals surface area contributed by atoms with Gasteiger partial charge in [-0.2, -0.15) is 0 Å². The van der Waals surface area contributed by atoms with Gasteiger partial charge < -0.3 is 5.32 Å². The smallest absolute Gasteiger partial charge is 0.243 e. The van der Waals surface area contributed by atoms with E-state index in [9.17, 15) is 14.4 Å². The molecule has 4 atom stereocenters. The van der Waals surface area contributed by atoms with Gasteiger partial charge in [-0.3, -0.25) is 19.3 Å². The molecular weight excluding hydrogens is 352 g/mol. The SMILES string of the molecule is CC(C)CC(C(=O)NCC(C)c1ccccc1)N1C(=O)C2CC=CCC2C1=O. The lowest BCUT2D eigenvalue weighted by Crippen LogP contribution is -2.51. The summed E-state index contributed by atoms with van der Waals surface area (Å²) in [7, 11) is 0. The maximum absolute atomic E-state index is 13.0. The van der Waals surface area contributed by atoms with E-state index in [1.54, 1.807) is 0 Å². The maximum atomic E-state index is 13.0. The zero-order chi connectivity index (χ0) is 20.3. The molecule has 0 bridgehead atoms. The van der Waals surface area contributed by atoms with Crippen LogP contribution in [0.4, 0.5) is 0 Å². The number of carbonyl (C=O) groups excluding carboxylic acids is 3. The number of hydrogen-bond acceptors (Lipinski definition) is 3. The van der Waals surface area contributed by atoms with Crippen LogP contribution in [0.1, 0.15) is 51.5 Å². The van der Waals surface area contributed by atoms with Crippen LogP contribution in [0.2, 0.25) is 0 Å². The number of nitrogens with zero attached hydrogens (tertiary/aromatic N) is 1. The molecule has 1 aromatic rings. The number of likely N-dealkylation sites (tertiary alicyclic amines) is 1. The topological polar surface area (TPSA) is 66.5 Å². The van der Waals surface area contributed by atoms with Crippen molar-refractivity contribution in [2.45, 2.75) is 52.0 Å². The van der Waals surface area contributed by atoms with Crippen molar-refractivity contribution in [1.29, 1.82) is 0 Å². The van der Waals surface area contributed by atoms with Gasteiger partial charge in [0.05, 0.1) is 11.8 Å². The molecule has 4 unspecified atom stereocenters. The third-order valence-corrected chi connectivity index (χ3v) is 5.80. The van der Waals surface area contributed by atoms with E-state index in [-0.39, 0.29) is 41.4 Å². The van der Waals surface area contributed by atoms with Crippen molar-refractivity contribution >= 4 is 17.7 Å². The van der Waals surface area contributed by atoms with Crippen molar-refractivity contribution in [2.24, 2.45) is 17.8 Å². The Hall–Kier alpha value is -2.43. The molecule has 1 heterocycles. The lowest BCUT2D eigenvalue weighted by atomic mass is 9.85. The third-order valence-electron chi connectivity index (χ3n) is 5.80. The highest BCUT2D eigenvalue weighted by molar-refractivity contribution is 6.08. The minimum atomic E-state index is -0.728. The molecule has 1 N–H and O–H groups in total. The summed E-state index contributed by atoms with van der Waals surface area (Å²) in [4.78, 5) is 40.2. The first kappa shape index (κ1) is 20.3. The molecule has 3 amide bonds. The van der Waals surface area contributed by atoms with Crippen molar-refractivity contribution in [3.8, 4) is 0 Å². The van der Waals surface area contributed by atoms with Crippen molar-refractivity contribution in [2.75, 3.05) is 6.54 Å². The van der Waals surface area contributed by atoms with Gasteiger partial charge in [-0.25, -0.2) is 0 Å². The summed E-state index contributed by atoms with van der Waals surface area (Å²) in [5, 5.41) is 2.99. The number of nitrogens with one attached hydrogen (secondary N) is 1. The fourth-order valence-electron chi connectivity index (χ4n) is 4.18. The number of fused-ring (bicyclic) bond motifs is 1. The summed E-state index contributed by atoms with van der Waals surface area (Å²) >= 11 is 0. The number of allylic oxidation sites excluding steroid dienone is 2. The Balaban J connectivity index is 1.72. The number of amides is 3. The van der Waals surface area contributed by atoms with Crippen molar-refractivity contribution in [1.82, 2.24) is 10.2 Å². The van der Waals surface area contributed by atoms with Gasteiger partial charge in [0.15, 0.2) is 0 Å². The summed E-state index contributed by atoms with van der Waals surface area (Å²) in [6.07, 6.45) is 5.60. The molecule has 1 saturated heterocycles. The fourth-order valence-corrected chi connectivity index (χ4v) is 4.18. The predicted octanol–water partition coefficient (Wildman–Crippen LogP) is 3.27. The van der Waals surface area contributed by atoms with E-state index in [0.29, 0.717) is 25.8 Å². The molecule has 0 saturated carbocycles. The Morgan fingerprint density at radius 1 is 1.04 bits per heavy atom. The van der Waals surface area contributed by atoms with Crippen LogP contribution in [0.5, 0.6) is 0 Å². The Labute approximate surface area is 167 Å². The van der Waals surface area contributed by atoms with Crippen LogP contribution in [0.25, 0.3) is 0 Å². The number of carbonyl (C=O) groups is 3. The van der Waals surface area contributed by atoms with Crippen LogP contribution in [0.15, 0.2) is 42.5 Å². The first-order valence-corrected chi connectivity index (χ1v) is 10.2. The molecular formula is C23H30N2O3. The molecule has 5 heteroatoms. The average molecular weight is 383 g/mol. The largest absolute Gasteiger partial charge is 0.354 e. The first-order valence-electron chi connectivity index (χ1n) is 10.2. The van der Waals surface area contributed by atoms with Gasteiger partial charge in [-0.15, -0.1) is 0 Å². The van der Waals surface area contributed by atoms with Crippen molar-refractivity contribution in [3.05, 3.63) is 48.0 Å². The number of imide groups is 1. The highest BCUT2D eigenvalue weighted by atomic mass is 16.2. The quantitative estimate of drug-likeness (QED) is 0.581. The molecule has 0 spiro atoms. The van der Waals surface area contributed by atoms with E-state index < -0.39 is 6.04 Å². The van der Waals surface area contributed by atoms with Crippen LogP contribution < -0.4 is 5.32 Å². The van der Waals surface area contributed by atoms with Gasteiger partial charge in [0.25, 0.3) is 0 Å². The molecule has 1 aromatic carbocycles. The molecule has 5 nitrogen and oxygen atoms in total. The zero-order valence-electron chi connectivity index (χ0n) is 16.9. The predicted molar refractivity (Wildman–Crippen MR) is 108 cm³/mol. The molecule has 0 radical (unpaired) electrons. The molecule has 150 valence electrons. The minimum absolute atomic E-state index is 0.154. The molecule has 1 aliphatic carbocycles. The maximum Gasteiger partial charge on any atom is 0.243 e. The van der Waals surface area contributed by atoms with Crippen LogP contribution in [0.3, 0.4) is 0 Å². The Kier molecular flexibility index (Phi) is 6.32. The third kappa shape index (κ3) is 4.18. The van der Waals surface area contributed by atoms with E-state index in [2.05, 4.69) is 12.2 Å². The Morgan fingerprint density at radius 3 is 2.14 bits per heavy atom. The molecule has 2 aliphatic rings. The molecule has 28 heavy (non-hydrogen) atoms. The first-order chi connectivity index (χ1) is 13.4. The molecule has 3 rings (SSSR count). The van der Waals surface area contributed by atoms with Crippen LogP contribution in [0, 0.1) is 17.8 Å². The van der Waals surface area contributed by atoms with Gasteiger partial charge in [-0.05, 0) is 36.7 Å². The fraction of sp³-hybridized carbons (Fsp3) is 0.522. The Morgan fingerprint density at radius 2 is 1.61 bits per heavy atom. The standard InChI is InChI=1S/C23H30N2O3/c1-15(2)13-20(21(26)24-14-16(3)17-9-5-4-6-10-17)25-22(27)18-11-7-8-12-19(18)23(25)28/h4-10,15-16,18-20H,11-14H2,1-3H3,(H,24,26). The summed E-state index contributed by atoms with van der Waals surface area (Å²) in [5.41, 5.74) is 1.15. The highest BCUT2D eigenvalue weighted by Crippen LogP contribution is 2.37. The Bertz CT molecular complexity index is 730. The van der Waals surface area contributed by atoms with Crippen LogP contribution in [-0.4, -0.2) is 35.2 Å². The summed E-state index contributed by atoms with van der Waals surface area (Å²) in [5.74, 6) is -0.853. The second kappa shape index (κ2) is 8.72. The molecule has 0 aromatic heterocycles. The van der Waals surface area contributed by atoms with Crippen molar-refractivity contribution < 1.29 is 14.4 Å². The monoisotopic (exact) mass is 382 g/mol. The number of rotatable bonds is 7. The van der Waals surface area contributed by atoms with E-state index >= 15 is 0 Å². The minimum Gasteiger partial charge on any atom is -0.354 e. The van der Waals surface area contributed by atoms with Gasteiger partial charge in [-0.1, -0.05) is 63.3 Å². The van der Waals surface area contributed by atoms with Gasteiger partial charge in [0, 0.05) is 6.54 Å². The van der Waals surface area contributed by atoms with Crippen LogP contribution >= 0.6 is 0 Å². The van der Waals surface area contributed by atoms with Gasteiger partial charge in [0.1, 0.15) is 6.04 Å². The highest BCUT2D eigenvalue weighted by Gasteiger charge is 2.51. The second-order valence-corrected chi connectivity index (χ2v) is 8.40. The summed E-state index contributed by atoms with van der Waals surface area (Å²) < 4.78 is 0. The van der Waals surface area contributed by atoms with Gasteiger partial charge in [0.2, 0.25) is 17.7 Å². The summed E-state index contributed by atoms with van der Waals surface area (Å²) in [6, 6.07) is 9.26. The van der Waals surface area contributed by atoms with Crippen LogP contribution in [-0.2, 0) is 14.4 Å². The second-order valence-electron chi connectivity index (χ2n) is 8.40. The lowest BCUT2D eigenvalue weighted by Gasteiger charge is -2.28. The van der Waals surface area contributed by atoms with Gasteiger partial charge >= 0.3 is 0 Å². The number of hydrogen-bond donors (Lipinski definition) is 1. The lowest BCUT2D eigenvalue weighted by molar-refractivity contribution is -0.148. The van der Waals surface area contributed by atoms with E-state index in [1.807, 2.05) is 56.3 Å². The molecule has 1 aliphatic heterocycles. The van der Waals surface area contributed by atoms with E-state index in [1.165, 1.54) is 4.90 Å². The normalized spacial score (nSPS) is 23.6. The molecule has 1 fully saturated rings. The zero-order valence-corrected chi connectivity index (χ0v) is 16.9. The summed E-state index contributed by atoms with van der Waals surface area (Å²) in [6.45, 7) is 6.54. The van der Waals surface area contributed by atoms with E-state index in [0.717, 1.165) is 5.56 Å².